The number of rotatable bonds is 3. The van der Waals surface area contributed by atoms with E-state index in [9.17, 15) is 4.79 Å². The van der Waals surface area contributed by atoms with Gasteiger partial charge in [-0.3, -0.25) is 4.79 Å². The summed E-state index contributed by atoms with van der Waals surface area (Å²) in [6.45, 7) is 4.00. The fraction of sp³-hybridized carbons (Fsp3) is 0.588. The molecule has 1 aromatic carbocycles. The molecule has 1 aromatic rings. The van der Waals surface area contributed by atoms with Gasteiger partial charge in [0, 0.05) is 17.8 Å². The van der Waals surface area contributed by atoms with E-state index >= 15 is 0 Å². The van der Waals surface area contributed by atoms with Crippen molar-refractivity contribution in [1.82, 2.24) is 0 Å². The smallest absolute Gasteiger partial charge is 0.224 e. The Morgan fingerprint density at radius 3 is 2.70 bits per heavy atom. The summed E-state index contributed by atoms with van der Waals surface area (Å²) in [6.07, 6.45) is 6.01. The minimum absolute atomic E-state index is 0.147. The predicted molar refractivity (Wildman–Crippen MR) is 82.5 cm³/mol. The Labute approximate surface area is 120 Å². The summed E-state index contributed by atoms with van der Waals surface area (Å²) in [7, 11) is 0. The van der Waals surface area contributed by atoms with Gasteiger partial charge in [-0.1, -0.05) is 12.5 Å². The van der Waals surface area contributed by atoms with E-state index in [1.165, 1.54) is 25.7 Å². The van der Waals surface area contributed by atoms with Crippen LogP contribution >= 0.6 is 0 Å². The average molecular weight is 272 g/mol. The van der Waals surface area contributed by atoms with E-state index in [-0.39, 0.29) is 5.91 Å². The molecule has 2 aliphatic carbocycles. The number of carbonyl (C=O) groups is 1. The standard InChI is InChI=1S/C17H24N2O/c1-10-5-11(2)16(9-15(10)18)19-17(20)8-14-7-12-3-4-13(14)6-12/h5,9,12-14H,3-4,6-8,18H2,1-2H3,(H,19,20). The van der Waals surface area contributed by atoms with Gasteiger partial charge in [0.25, 0.3) is 0 Å². The first-order valence-corrected chi connectivity index (χ1v) is 7.69. The van der Waals surface area contributed by atoms with Crippen LogP contribution in [0.15, 0.2) is 12.1 Å². The third-order valence-corrected chi connectivity index (χ3v) is 5.22. The highest BCUT2D eigenvalue weighted by Crippen LogP contribution is 2.49. The molecule has 3 nitrogen and oxygen atoms in total. The third kappa shape index (κ3) is 2.54. The normalized spacial score (nSPS) is 27.8. The Morgan fingerprint density at radius 2 is 2.05 bits per heavy atom. The largest absolute Gasteiger partial charge is 0.398 e. The van der Waals surface area contributed by atoms with E-state index in [0.717, 1.165) is 34.3 Å². The lowest BCUT2D eigenvalue weighted by atomic mass is 9.86. The lowest BCUT2D eigenvalue weighted by Gasteiger charge is -2.21. The average Bonchev–Trinajstić information content (AvgIpc) is 2.98. The zero-order valence-corrected chi connectivity index (χ0v) is 12.4. The first-order chi connectivity index (χ1) is 9.52. The number of hydrogen-bond acceptors (Lipinski definition) is 2. The molecule has 0 saturated heterocycles. The molecule has 0 radical (unpaired) electrons. The van der Waals surface area contributed by atoms with Crippen LogP contribution in [-0.2, 0) is 4.79 Å². The van der Waals surface area contributed by atoms with Crippen LogP contribution in [0.5, 0.6) is 0 Å². The van der Waals surface area contributed by atoms with E-state index in [1.807, 2.05) is 26.0 Å². The lowest BCUT2D eigenvalue weighted by molar-refractivity contribution is -0.117. The fourth-order valence-electron chi connectivity index (χ4n) is 4.07. The van der Waals surface area contributed by atoms with Crippen molar-refractivity contribution in [2.45, 2.75) is 46.0 Å². The molecule has 3 atom stereocenters. The molecule has 20 heavy (non-hydrogen) atoms. The molecular weight excluding hydrogens is 248 g/mol. The number of nitrogens with two attached hydrogens (primary N) is 1. The molecule has 1 amide bonds. The van der Waals surface area contributed by atoms with Gasteiger partial charge in [0.15, 0.2) is 0 Å². The van der Waals surface area contributed by atoms with Crippen LogP contribution in [0.3, 0.4) is 0 Å². The zero-order valence-electron chi connectivity index (χ0n) is 12.4. The van der Waals surface area contributed by atoms with E-state index in [2.05, 4.69) is 5.32 Å². The first-order valence-electron chi connectivity index (χ1n) is 7.69. The molecule has 0 aromatic heterocycles. The Balaban J connectivity index is 1.63. The fourth-order valence-corrected chi connectivity index (χ4v) is 4.07. The lowest BCUT2D eigenvalue weighted by Crippen LogP contribution is -2.20. The van der Waals surface area contributed by atoms with Crippen molar-refractivity contribution in [2.75, 3.05) is 11.1 Å². The highest BCUT2D eigenvalue weighted by atomic mass is 16.1. The molecule has 108 valence electrons. The quantitative estimate of drug-likeness (QED) is 0.825. The second-order valence-electron chi connectivity index (χ2n) is 6.71. The van der Waals surface area contributed by atoms with Crippen molar-refractivity contribution in [3.8, 4) is 0 Å². The molecule has 2 aliphatic rings. The van der Waals surface area contributed by atoms with Crippen molar-refractivity contribution in [2.24, 2.45) is 17.8 Å². The van der Waals surface area contributed by atoms with Gasteiger partial charge in [-0.05, 0) is 68.1 Å². The van der Waals surface area contributed by atoms with Crippen molar-refractivity contribution >= 4 is 17.3 Å². The Hall–Kier alpha value is -1.51. The van der Waals surface area contributed by atoms with Crippen LogP contribution in [0.25, 0.3) is 0 Å². The number of benzene rings is 1. The summed E-state index contributed by atoms with van der Waals surface area (Å²) < 4.78 is 0. The predicted octanol–water partition coefficient (Wildman–Crippen LogP) is 3.65. The maximum absolute atomic E-state index is 12.2. The highest BCUT2D eigenvalue weighted by Gasteiger charge is 2.40. The van der Waals surface area contributed by atoms with Crippen molar-refractivity contribution < 1.29 is 4.79 Å². The van der Waals surface area contributed by atoms with Gasteiger partial charge in [-0.25, -0.2) is 0 Å². The van der Waals surface area contributed by atoms with Crippen LogP contribution in [0, 0.1) is 31.6 Å². The third-order valence-electron chi connectivity index (χ3n) is 5.22. The van der Waals surface area contributed by atoms with Gasteiger partial charge >= 0.3 is 0 Å². The first kappa shape index (κ1) is 13.5. The summed E-state index contributed by atoms with van der Waals surface area (Å²) in [5.41, 5.74) is 9.68. The number of carbonyl (C=O) groups excluding carboxylic acids is 1. The van der Waals surface area contributed by atoms with E-state index in [4.69, 9.17) is 5.73 Å². The Bertz CT molecular complexity index is 538. The van der Waals surface area contributed by atoms with Gasteiger partial charge in [0.1, 0.15) is 0 Å². The van der Waals surface area contributed by atoms with Gasteiger partial charge in [-0.2, -0.15) is 0 Å². The molecule has 2 bridgehead atoms. The maximum atomic E-state index is 12.2. The number of anilines is 2. The summed E-state index contributed by atoms with van der Waals surface area (Å²) in [5, 5.41) is 3.05. The van der Waals surface area contributed by atoms with Crippen LogP contribution in [0.1, 0.15) is 43.2 Å². The maximum Gasteiger partial charge on any atom is 0.224 e. The number of nitrogens with one attached hydrogen (secondary N) is 1. The molecule has 3 unspecified atom stereocenters. The molecule has 3 rings (SSSR count). The van der Waals surface area contributed by atoms with Crippen LogP contribution in [0.4, 0.5) is 11.4 Å². The number of nitrogen functional groups attached to an aromatic ring is 1. The Morgan fingerprint density at radius 1 is 1.25 bits per heavy atom. The van der Waals surface area contributed by atoms with Crippen molar-refractivity contribution in [3.63, 3.8) is 0 Å². The van der Waals surface area contributed by atoms with E-state index in [0.29, 0.717) is 12.3 Å². The molecule has 0 spiro atoms. The SMILES string of the molecule is Cc1cc(C)c(NC(=O)CC2CC3CCC2C3)cc1N. The number of hydrogen-bond donors (Lipinski definition) is 2. The minimum Gasteiger partial charge on any atom is -0.398 e. The topological polar surface area (TPSA) is 55.1 Å². The molecule has 3 N–H and O–H groups in total. The van der Waals surface area contributed by atoms with Gasteiger partial charge in [-0.15, -0.1) is 0 Å². The summed E-state index contributed by atoms with van der Waals surface area (Å²) in [5.74, 6) is 2.45. The van der Waals surface area contributed by atoms with Crippen molar-refractivity contribution in [1.29, 1.82) is 0 Å². The minimum atomic E-state index is 0.147. The van der Waals surface area contributed by atoms with Gasteiger partial charge in [0.2, 0.25) is 5.91 Å². The van der Waals surface area contributed by atoms with Crippen LogP contribution in [-0.4, -0.2) is 5.91 Å². The monoisotopic (exact) mass is 272 g/mol. The van der Waals surface area contributed by atoms with Crippen LogP contribution < -0.4 is 11.1 Å². The second kappa shape index (κ2) is 5.12. The van der Waals surface area contributed by atoms with Crippen molar-refractivity contribution in [3.05, 3.63) is 23.3 Å². The summed E-state index contributed by atoms with van der Waals surface area (Å²) in [4.78, 5) is 12.2. The number of amides is 1. The number of fused-ring (bicyclic) bond motifs is 2. The van der Waals surface area contributed by atoms with Gasteiger partial charge < -0.3 is 11.1 Å². The van der Waals surface area contributed by atoms with E-state index < -0.39 is 0 Å². The molecular formula is C17H24N2O. The molecule has 0 heterocycles. The molecule has 3 heteroatoms. The second-order valence-corrected chi connectivity index (χ2v) is 6.71. The molecule has 2 saturated carbocycles. The summed E-state index contributed by atoms with van der Waals surface area (Å²) >= 11 is 0. The van der Waals surface area contributed by atoms with E-state index in [1.54, 1.807) is 0 Å². The van der Waals surface area contributed by atoms with Crippen LogP contribution in [0.2, 0.25) is 0 Å². The molecule has 2 fully saturated rings. The molecule has 0 aliphatic heterocycles. The highest BCUT2D eigenvalue weighted by molar-refractivity contribution is 5.92. The van der Waals surface area contributed by atoms with Gasteiger partial charge in [0.05, 0.1) is 0 Å². The number of aryl methyl sites for hydroxylation is 2. The zero-order chi connectivity index (χ0) is 14.3. The summed E-state index contributed by atoms with van der Waals surface area (Å²) in [6, 6.07) is 3.91. The Kier molecular flexibility index (Phi) is 3.45.